The normalized spacial score (nSPS) is 11.6. The first-order valence-corrected chi connectivity index (χ1v) is 11.4. The van der Waals surface area contributed by atoms with Crippen molar-refractivity contribution in [1.29, 1.82) is 0 Å². The molecule has 3 aromatic carbocycles. The zero-order valence-electron chi connectivity index (χ0n) is 17.8. The van der Waals surface area contributed by atoms with E-state index in [0.717, 1.165) is 11.1 Å². The summed E-state index contributed by atoms with van der Waals surface area (Å²) in [6.07, 6.45) is 0. The molecular weight excluding hydrogens is 410 g/mol. The van der Waals surface area contributed by atoms with Gasteiger partial charge in [0.05, 0.1) is 27.2 Å². The van der Waals surface area contributed by atoms with Gasteiger partial charge in [0.25, 0.3) is 15.6 Å². The first-order chi connectivity index (χ1) is 14.7. The van der Waals surface area contributed by atoms with Crippen LogP contribution < -0.4 is 10.3 Å². The number of benzene rings is 3. The van der Waals surface area contributed by atoms with Crippen LogP contribution in [0.1, 0.15) is 22.5 Å². The smallest absolute Gasteiger partial charge is 0.265 e. The van der Waals surface area contributed by atoms with Gasteiger partial charge in [0, 0.05) is 0 Å². The molecule has 0 spiro atoms. The molecule has 1 heterocycles. The van der Waals surface area contributed by atoms with Crippen molar-refractivity contribution < 1.29 is 8.42 Å². The molecule has 0 amide bonds. The summed E-state index contributed by atoms with van der Waals surface area (Å²) in [4.78, 5) is 17.8. The predicted octanol–water partition coefficient (Wildman–Crippen LogP) is 4.42. The molecule has 158 valence electrons. The molecule has 4 aromatic rings. The van der Waals surface area contributed by atoms with Gasteiger partial charge in [-0.25, -0.2) is 13.4 Å². The third kappa shape index (κ3) is 3.84. The van der Waals surface area contributed by atoms with Gasteiger partial charge in [0.15, 0.2) is 0 Å². The van der Waals surface area contributed by atoms with Gasteiger partial charge in [-0.1, -0.05) is 24.3 Å². The van der Waals surface area contributed by atoms with Gasteiger partial charge in [-0.05, 0) is 80.8 Å². The van der Waals surface area contributed by atoms with Crippen LogP contribution in [-0.4, -0.2) is 18.0 Å². The molecule has 0 aliphatic heterocycles. The van der Waals surface area contributed by atoms with E-state index in [1.807, 2.05) is 26.0 Å². The second kappa shape index (κ2) is 7.67. The van der Waals surface area contributed by atoms with Gasteiger partial charge in [-0.3, -0.25) is 14.1 Å². The lowest BCUT2D eigenvalue weighted by Crippen LogP contribution is -2.22. The number of rotatable bonds is 4. The lowest BCUT2D eigenvalue weighted by molar-refractivity contribution is 0.600. The Kier molecular flexibility index (Phi) is 5.15. The van der Waals surface area contributed by atoms with Crippen LogP contribution >= 0.6 is 0 Å². The number of sulfonamides is 1. The van der Waals surface area contributed by atoms with Gasteiger partial charge >= 0.3 is 0 Å². The van der Waals surface area contributed by atoms with Crippen LogP contribution in [0, 0.1) is 27.7 Å². The fourth-order valence-electron chi connectivity index (χ4n) is 3.69. The Balaban J connectivity index is 1.78. The fraction of sp³-hybridized carbons (Fsp3) is 0.167. The van der Waals surface area contributed by atoms with Crippen LogP contribution in [0.15, 0.2) is 70.4 Å². The number of fused-ring (bicyclic) bond motifs is 1. The van der Waals surface area contributed by atoms with E-state index in [9.17, 15) is 13.2 Å². The average molecular weight is 434 g/mol. The zero-order chi connectivity index (χ0) is 22.3. The fourth-order valence-corrected chi connectivity index (χ4v) is 5.05. The molecule has 0 bridgehead atoms. The predicted molar refractivity (Wildman–Crippen MR) is 124 cm³/mol. The molecule has 0 radical (unpaired) electrons. The zero-order valence-corrected chi connectivity index (χ0v) is 18.6. The standard InChI is InChI=1S/C24H23N3O3S/c1-15-12-17(3)23(13-16(15)2)31(29,30)26-19-8-7-9-20(14-19)27-18(4)25-22-11-6-5-10-21(22)24(27)28/h5-14,26H,1-4H3. The third-order valence-electron chi connectivity index (χ3n) is 5.38. The van der Waals surface area contributed by atoms with Gasteiger partial charge in [0.1, 0.15) is 5.82 Å². The van der Waals surface area contributed by atoms with Crippen molar-refractivity contribution >= 4 is 26.6 Å². The summed E-state index contributed by atoms with van der Waals surface area (Å²) in [7, 11) is -3.79. The van der Waals surface area contributed by atoms with Crippen LogP contribution in [0.2, 0.25) is 0 Å². The maximum absolute atomic E-state index is 13.1. The molecule has 0 aliphatic carbocycles. The summed E-state index contributed by atoms with van der Waals surface area (Å²) in [5.41, 5.74) is 3.96. The van der Waals surface area contributed by atoms with Gasteiger partial charge in [-0.2, -0.15) is 0 Å². The molecule has 1 N–H and O–H groups in total. The Morgan fingerprint density at radius 1 is 0.839 bits per heavy atom. The molecule has 7 heteroatoms. The van der Waals surface area contributed by atoms with E-state index in [1.54, 1.807) is 62.4 Å². The Labute approximate surface area is 181 Å². The van der Waals surface area contributed by atoms with E-state index in [0.29, 0.717) is 33.7 Å². The lowest BCUT2D eigenvalue weighted by atomic mass is 10.1. The summed E-state index contributed by atoms with van der Waals surface area (Å²) in [5, 5.41) is 0.504. The van der Waals surface area contributed by atoms with Crippen LogP contribution in [-0.2, 0) is 10.0 Å². The van der Waals surface area contributed by atoms with Crippen LogP contribution in [0.4, 0.5) is 5.69 Å². The van der Waals surface area contributed by atoms with E-state index in [-0.39, 0.29) is 10.5 Å². The monoisotopic (exact) mass is 433 g/mol. The quantitative estimate of drug-likeness (QED) is 0.517. The molecule has 4 rings (SSSR count). The van der Waals surface area contributed by atoms with E-state index in [4.69, 9.17) is 0 Å². The highest BCUT2D eigenvalue weighted by Gasteiger charge is 2.19. The van der Waals surface area contributed by atoms with E-state index >= 15 is 0 Å². The minimum Gasteiger partial charge on any atom is -0.280 e. The van der Waals surface area contributed by atoms with E-state index in [1.165, 1.54) is 4.57 Å². The molecule has 0 saturated heterocycles. The minimum atomic E-state index is -3.79. The summed E-state index contributed by atoms with van der Waals surface area (Å²) in [5.74, 6) is 0.522. The van der Waals surface area contributed by atoms with Gasteiger partial charge in [0.2, 0.25) is 0 Å². The van der Waals surface area contributed by atoms with Crippen LogP contribution in [0.25, 0.3) is 16.6 Å². The van der Waals surface area contributed by atoms with Crippen LogP contribution in [0.3, 0.4) is 0 Å². The lowest BCUT2D eigenvalue weighted by Gasteiger charge is -2.15. The molecule has 31 heavy (non-hydrogen) atoms. The number of aryl methyl sites for hydroxylation is 4. The average Bonchev–Trinajstić information content (AvgIpc) is 2.70. The first-order valence-electron chi connectivity index (χ1n) is 9.87. The molecule has 0 saturated carbocycles. The summed E-state index contributed by atoms with van der Waals surface area (Å²) < 4.78 is 30.2. The van der Waals surface area contributed by atoms with Crippen molar-refractivity contribution in [2.75, 3.05) is 4.72 Å². The van der Waals surface area contributed by atoms with Crippen molar-refractivity contribution in [3.63, 3.8) is 0 Å². The number of nitrogens with one attached hydrogen (secondary N) is 1. The molecule has 0 unspecified atom stereocenters. The highest BCUT2D eigenvalue weighted by atomic mass is 32.2. The van der Waals surface area contributed by atoms with Crippen molar-refractivity contribution in [2.24, 2.45) is 0 Å². The highest BCUT2D eigenvalue weighted by molar-refractivity contribution is 7.92. The van der Waals surface area contributed by atoms with Crippen LogP contribution in [0.5, 0.6) is 0 Å². The summed E-state index contributed by atoms with van der Waals surface area (Å²) in [6, 6.07) is 17.5. The van der Waals surface area contributed by atoms with Crippen molar-refractivity contribution in [1.82, 2.24) is 9.55 Å². The maximum atomic E-state index is 13.1. The largest absolute Gasteiger partial charge is 0.280 e. The van der Waals surface area contributed by atoms with Crippen molar-refractivity contribution in [2.45, 2.75) is 32.6 Å². The SMILES string of the molecule is Cc1cc(C)c(S(=O)(=O)Nc2cccc(-n3c(C)nc4ccccc4c3=O)c2)cc1C. The number of nitrogens with zero attached hydrogens (tertiary/aromatic N) is 2. The molecular formula is C24H23N3O3S. The van der Waals surface area contributed by atoms with Crippen molar-refractivity contribution in [3.8, 4) is 5.69 Å². The second-order valence-electron chi connectivity index (χ2n) is 7.67. The van der Waals surface area contributed by atoms with Gasteiger partial charge in [-0.15, -0.1) is 0 Å². The molecule has 0 fully saturated rings. The van der Waals surface area contributed by atoms with Gasteiger partial charge < -0.3 is 0 Å². The summed E-state index contributed by atoms with van der Waals surface area (Å²) >= 11 is 0. The second-order valence-corrected chi connectivity index (χ2v) is 9.33. The molecule has 0 atom stereocenters. The molecule has 1 aromatic heterocycles. The Bertz CT molecular complexity index is 1490. The van der Waals surface area contributed by atoms with Crippen molar-refractivity contribution in [3.05, 3.63) is 93.5 Å². The number of hydrogen-bond donors (Lipinski definition) is 1. The Morgan fingerprint density at radius 2 is 1.55 bits per heavy atom. The number of para-hydroxylation sites is 1. The number of aromatic nitrogens is 2. The number of anilines is 1. The highest BCUT2D eigenvalue weighted by Crippen LogP contribution is 2.24. The topological polar surface area (TPSA) is 81.1 Å². The minimum absolute atomic E-state index is 0.201. The van der Waals surface area contributed by atoms with E-state index < -0.39 is 10.0 Å². The summed E-state index contributed by atoms with van der Waals surface area (Å²) in [6.45, 7) is 7.37. The Hall–Kier alpha value is -3.45. The maximum Gasteiger partial charge on any atom is 0.265 e. The molecule has 0 aliphatic rings. The number of hydrogen-bond acceptors (Lipinski definition) is 4. The molecule has 6 nitrogen and oxygen atoms in total. The van der Waals surface area contributed by atoms with E-state index in [2.05, 4.69) is 9.71 Å². The third-order valence-corrected chi connectivity index (χ3v) is 6.90. The first kappa shape index (κ1) is 20.8. The Morgan fingerprint density at radius 3 is 2.32 bits per heavy atom.